The monoisotopic (exact) mass is 318 g/mol. The molecule has 1 amide bonds. The maximum atomic E-state index is 12.2. The lowest BCUT2D eigenvalue weighted by Gasteiger charge is -2.32. The van der Waals surface area contributed by atoms with Crippen molar-refractivity contribution in [2.24, 2.45) is 0 Å². The van der Waals surface area contributed by atoms with E-state index in [1.165, 1.54) is 0 Å². The lowest BCUT2D eigenvalue weighted by Crippen LogP contribution is -2.42. The molecule has 0 radical (unpaired) electrons. The zero-order valence-corrected chi connectivity index (χ0v) is 14.3. The summed E-state index contributed by atoms with van der Waals surface area (Å²) in [5.74, 6) is 0.370. The van der Waals surface area contributed by atoms with Crippen molar-refractivity contribution in [2.75, 3.05) is 7.05 Å². The highest BCUT2D eigenvalue weighted by atomic mass is 16.7. The minimum Gasteiger partial charge on any atom is -0.489 e. The Balaban J connectivity index is 1.93. The highest BCUT2D eigenvalue weighted by molar-refractivity contribution is 6.62. The van der Waals surface area contributed by atoms with Crippen LogP contribution in [0, 0.1) is 0 Å². The maximum Gasteiger partial charge on any atom is 0.515 e. The molecule has 124 valence electrons. The van der Waals surface area contributed by atoms with Crippen LogP contribution in [0.5, 0.6) is 5.75 Å². The third-order valence-corrected chi connectivity index (χ3v) is 4.67. The van der Waals surface area contributed by atoms with Gasteiger partial charge >= 0.3 is 7.12 Å². The van der Waals surface area contributed by atoms with Crippen LogP contribution in [0.1, 0.15) is 50.9 Å². The SMILES string of the molecule is CNC(=O)c1cc(OC2CC2)cnc1B1OC(C)(C)C(C)(C)O1. The summed E-state index contributed by atoms with van der Waals surface area (Å²) in [4.78, 5) is 16.7. The number of carbonyl (C=O) groups excluding carboxylic acids is 1. The number of hydrogen-bond donors (Lipinski definition) is 1. The minimum absolute atomic E-state index is 0.233. The van der Waals surface area contributed by atoms with Gasteiger partial charge in [-0.2, -0.15) is 0 Å². The Morgan fingerprint density at radius 1 is 1.30 bits per heavy atom. The Kier molecular flexibility index (Phi) is 3.88. The van der Waals surface area contributed by atoms with Crippen LogP contribution >= 0.6 is 0 Å². The van der Waals surface area contributed by atoms with E-state index in [2.05, 4.69) is 10.3 Å². The van der Waals surface area contributed by atoms with E-state index >= 15 is 0 Å². The summed E-state index contributed by atoms with van der Waals surface area (Å²) in [6.07, 6.45) is 3.98. The number of nitrogens with one attached hydrogen (secondary N) is 1. The maximum absolute atomic E-state index is 12.2. The van der Waals surface area contributed by atoms with Crippen molar-refractivity contribution in [1.82, 2.24) is 10.3 Å². The number of aromatic nitrogens is 1. The number of rotatable bonds is 4. The molecular formula is C16H23BN2O4. The molecule has 3 rings (SSSR count). The van der Waals surface area contributed by atoms with Crippen LogP contribution in [0.4, 0.5) is 0 Å². The lowest BCUT2D eigenvalue weighted by molar-refractivity contribution is 0.00578. The quantitative estimate of drug-likeness (QED) is 0.847. The lowest BCUT2D eigenvalue weighted by atomic mass is 9.80. The molecule has 23 heavy (non-hydrogen) atoms. The molecule has 0 spiro atoms. The highest BCUT2D eigenvalue weighted by Crippen LogP contribution is 2.36. The number of pyridine rings is 1. The summed E-state index contributed by atoms with van der Waals surface area (Å²) >= 11 is 0. The molecule has 1 saturated heterocycles. The van der Waals surface area contributed by atoms with Crippen molar-refractivity contribution in [1.29, 1.82) is 0 Å². The Bertz CT molecular complexity index is 613. The molecular weight excluding hydrogens is 295 g/mol. The average Bonchev–Trinajstić information content (AvgIpc) is 3.25. The summed E-state index contributed by atoms with van der Waals surface area (Å²) in [7, 11) is 0.910. The van der Waals surface area contributed by atoms with E-state index in [9.17, 15) is 4.79 Å². The number of nitrogens with zero attached hydrogens (tertiary/aromatic N) is 1. The van der Waals surface area contributed by atoms with Crippen molar-refractivity contribution in [3.05, 3.63) is 17.8 Å². The van der Waals surface area contributed by atoms with Gasteiger partial charge in [0, 0.05) is 7.05 Å². The van der Waals surface area contributed by atoms with E-state index in [-0.39, 0.29) is 12.0 Å². The molecule has 1 aromatic heterocycles. The van der Waals surface area contributed by atoms with Crippen LogP contribution < -0.4 is 15.6 Å². The van der Waals surface area contributed by atoms with Gasteiger partial charge in [0.1, 0.15) is 5.75 Å². The van der Waals surface area contributed by atoms with Gasteiger partial charge in [-0.15, -0.1) is 0 Å². The number of amides is 1. The molecule has 6 nitrogen and oxygen atoms in total. The Morgan fingerprint density at radius 3 is 2.43 bits per heavy atom. The van der Waals surface area contributed by atoms with Crippen LogP contribution in [0.15, 0.2) is 12.3 Å². The van der Waals surface area contributed by atoms with Crippen molar-refractivity contribution in [3.8, 4) is 5.75 Å². The molecule has 0 bridgehead atoms. The molecule has 2 aliphatic rings. The van der Waals surface area contributed by atoms with E-state index in [0.29, 0.717) is 16.9 Å². The van der Waals surface area contributed by atoms with Gasteiger partial charge in [0.2, 0.25) is 0 Å². The van der Waals surface area contributed by atoms with Gasteiger partial charge in [-0.05, 0) is 46.6 Å². The van der Waals surface area contributed by atoms with Crippen molar-refractivity contribution in [2.45, 2.75) is 57.8 Å². The highest BCUT2D eigenvalue weighted by Gasteiger charge is 2.53. The van der Waals surface area contributed by atoms with Gasteiger partial charge in [-0.1, -0.05) is 0 Å². The van der Waals surface area contributed by atoms with Crippen LogP contribution in [0.25, 0.3) is 0 Å². The van der Waals surface area contributed by atoms with Gasteiger partial charge in [-0.25, -0.2) is 0 Å². The predicted molar refractivity (Wildman–Crippen MR) is 87.0 cm³/mol. The second-order valence-corrected chi connectivity index (χ2v) is 7.09. The molecule has 0 unspecified atom stereocenters. The van der Waals surface area contributed by atoms with E-state index in [4.69, 9.17) is 14.0 Å². The normalized spacial score (nSPS) is 22.0. The van der Waals surface area contributed by atoms with Crippen LogP contribution in [0.3, 0.4) is 0 Å². The first-order chi connectivity index (χ1) is 10.7. The topological polar surface area (TPSA) is 69.7 Å². The first-order valence-corrected chi connectivity index (χ1v) is 7.98. The predicted octanol–water partition coefficient (Wildman–Crippen LogP) is 1.28. The van der Waals surface area contributed by atoms with E-state index in [1.807, 2.05) is 27.7 Å². The third kappa shape index (κ3) is 3.08. The molecule has 1 saturated carbocycles. The van der Waals surface area contributed by atoms with Gasteiger partial charge in [0.15, 0.2) is 0 Å². The number of carbonyl (C=O) groups is 1. The second-order valence-electron chi connectivity index (χ2n) is 7.09. The Labute approximate surface area is 137 Å². The van der Waals surface area contributed by atoms with Crippen molar-refractivity contribution >= 4 is 18.6 Å². The van der Waals surface area contributed by atoms with Gasteiger partial charge in [0.05, 0.1) is 34.7 Å². The Hall–Kier alpha value is -1.60. The fourth-order valence-electron chi connectivity index (χ4n) is 2.36. The van der Waals surface area contributed by atoms with Gasteiger partial charge in [-0.3, -0.25) is 9.78 Å². The first kappa shape index (κ1) is 16.3. The molecule has 2 heterocycles. The molecule has 7 heteroatoms. The van der Waals surface area contributed by atoms with E-state index in [1.54, 1.807) is 19.3 Å². The van der Waals surface area contributed by atoms with Crippen molar-refractivity contribution < 1.29 is 18.8 Å². The fraction of sp³-hybridized carbons (Fsp3) is 0.625. The van der Waals surface area contributed by atoms with E-state index in [0.717, 1.165) is 12.8 Å². The zero-order chi connectivity index (χ0) is 16.8. The summed E-state index contributed by atoms with van der Waals surface area (Å²) < 4.78 is 17.8. The summed E-state index contributed by atoms with van der Waals surface area (Å²) in [6, 6.07) is 1.71. The van der Waals surface area contributed by atoms with Crippen LogP contribution in [-0.2, 0) is 9.31 Å². The zero-order valence-electron chi connectivity index (χ0n) is 14.3. The fourth-order valence-corrected chi connectivity index (χ4v) is 2.36. The standard InChI is InChI=1S/C16H23BN2O4/c1-15(2)16(3,4)23-17(22-15)13-12(14(20)18-5)8-11(9-19-13)21-10-6-7-10/h8-10H,6-7H2,1-5H3,(H,18,20). The summed E-state index contributed by atoms with van der Waals surface area (Å²) in [6.45, 7) is 7.88. The Morgan fingerprint density at radius 2 is 1.91 bits per heavy atom. The van der Waals surface area contributed by atoms with Gasteiger partial charge in [0.25, 0.3) is 5.91 Å². The van der Waals surface area contributed by atoms with E-state index < -0.39 is 18.3 Å². The molecule has 1 aliphatic carbocycles. The number of hydrogen-bond acceptors (Lipinski definition) is 5. The molecule has 0 atom stereocenters. The first-order valence-electron chi connectivity index (χ1n) is 7.98. The van der Waals surface area contributed by atoms with Crippen LogP contribution in [-0.4, -0.2) is 42.4 Å². The van der Waals surface area contributed by atoms with Crippen molar-refractivity contribution in [3.63, 3.8) is 0 Å². The third-order valence-electron chi connectivity index (χ3n) is 4.67. The van der Waals surface area contributed by atoms with Gasteiger partial charge < -0.3 is 19.4 Å². The average molecular weight is 318 g/mol. The summed E-state index contributed by atoms with van der Waals surface area (Å²) in [5.41, 5.74) is -0.0689. The second kappa shape index (κ2) is 5.49. The molecule has 2 fully saturated rings. The molecule has 1 aliphatic heterocycles. The molecule has 1 N–H and O–H groups in total. The summed E-state index contributed by atoms with van der Waals surface area (Å²) in [5, 5.41) is 2.64. The van der Waals surface area contributed by atoms with Crippen LogP contribution in [0.2, 0.25) is 0 Å². The molecule has 0 aromatic carbocycles. The minimum atomic E-state index is -0.678. The smallest absolute Gasteiger partial charge is 0.489 e. The molecule has 1 aromatic rings. The number of ether oxygens (including phenoxy) is 1. The largest absolute Gasteiger partial charge is 0.515 e.